The van der Waals surface area contributed by atoms with Crippen molar-refractivity contribution in [3.05, 3.63) is 69.7 Å². The fraction of sp³-hybridized carbons (Fsp3) is 0.480. The molecule has 2 aliphatic rings. The second-order valence-corrected chi connectivity index (χ2v) is 9.80. The van der Waals surface area contributed by atoms with Gasteiger partial charge in [0.2, 0.25) is 5.91 Å². The molecule has 1 heterocycles. The molecule has 1 N–H and O–H groups in total. The molecule has 4 atom stereocenters. The molecule has 30 heavy (non-hydrogen) atoms. The van der Waals surface area contributed by atoms with E-state index in [-0.39, 0.29) is 17.9 Å². The molecule has 1 saturated heterocycles. The van der Waals surface area contributed by atoms with E-state index in [9.17, 15) is 4.79 Å². The number of carbonyl (C=O) groups is 1. The highest BCUT2D eigenvalue weighted by Crippen LogP contribution is 2.37. The molecule has 2 bridgehead atoms. The predicted octanol–water partition coefficient (Wildman–Crippen LogP) is 5.70. The second-order valence-electron chi connectivity index (χ2n) is 8.92. The Hall–Kier alpha value is -1.55. The van der Waals surface area contributed by atoms with Gasteiger partial charge in [0, 0.05) is 47.6 Å². The average molecular weight is 445 g/mol. The van der Waals surface area contributed by atoms with Crippen LogP contribution in [0.1, 0.15) is 49.7 Å². The zero-order chi connectivity index (χ0) is 21.1. The molecule has 3 nitrogen and oxygen atoms in total. The van der Waals surface area contributed by atoms with Gasteiger partial charge in [-0.3, -0.25) is 9.69 Å². The topological polar surface area (TPSA) is 32.3 Å². The quantitative estimate of drug-likeness (QED) is 0.566. The van der Waals surface area contributed by atoms with Crippen LogP contribution in [0.25, 0.3) is 0 Å². The number of piperidine rings is 1. The maximum atomic E-state index is 12.7. The number of amides is 1. The van der Waals surface area contributed by atoms with E-state index < -0.39 is 0 Å². The van der Waals surface area contributed by atoms with Crippen molar-refractivity contribution in [2.24, 2.45) is 5.92 Å². The number of nitrogens with zero attached hydrogens (tertiary/aromatic N) is 1. The highest BCUT2D eigenvalue weighted by molar-refractivity contribution is 6.30. The molecular weight excluding hydrogens is 415 g/mol. The zero-order valence-electron chi connectivity index (χ0n) is 17.5. The molecule has 1 aliphatic heterocycles. The molecule has 2 fully saturated rings. The van der Waals surface area contributed by atoms with Crippen molar-refractivity contribution in [1.29, 1.82) is 0 Å². The lowest BCUT2D eigenvalue weighted by Crippen LogP contribution is -2.40. The van der Waals surface area contributed by atoms with Gasteiger partial charge in [-0.2, -0.15) is 0 Å². The van der Waals surface area contributed by atoms with E-state index in [0.29, 0.717) is 12.5 Å². The van der Waals surface area contributed by atoms with Gasteiger partial charge in [0.05, 0.1) is 0 Å². The van der Waals surface area contributed by atoms with Gasteiger partial charge in [-0.1, -0.05) is 47.5 Å². The summed E-state index contributed by atoms with van der Waals surface area (Å²) in [5, 5.41) is 4.73. The van der Waals surface area contributed by atoms with Crippen molar-refractivity contribution in [2.45, 2.75) is 57.0 Å². The Bertz CT molecular complexity index is 852. The normalized spacial score (nSPS) is 22.8. The molecule has 0 aromatic heterocycles. The fourth-order valence-electron chi connectivity index (χ4n) is 5.14. The number of nitrogens with one attached hydrogen (secondary N) is 1. The molecule has 5 heteroatoms. The largest absolute Gasteiger partial charge is 0.353 e. The third-order valence-corrected chi connectivity index (χ3v) is 7.31. The first-order chi connectivity index (χ1) is 14.5. The number of benzene rings is 2. The molecule has 0 spiro atoms. The number of hydrogen-bond donors (Lipinski definition) is 1. The zero-order valence-corrected chi connectivity index (χ0v) is 19.0. The number of halogens is 2. The monoisotopic (exact) mass is 444 g/mol. The lowest BCUT2D eigenvalue weighted by Gasteiger charge is -2.28. The van der Waals surface area contributed by atoms with Crippen molar-refractivity contribution < 1.29 is 4.79 Å². The predicted molar refractivity (Wildman–Crippen MR) is 124 cm³/mol. The minimum absolute atomic E-state index is 0.0179. The van der Waals surface area contributed by atoms with Crippen LogP contribution in [0.4, 0.5) is 0 Å². The standard InChI is InChI=1S/C25H30Cl2N2O/c1-17(28-25(30)12-13-29-16-19-4-11-23(29)14-19)24(20-5-9-22(27)10-6-20)15-18-2-7-21(26)8-3-18/h2-3,5-10,17,19,23-24H,4,11-16H2,1H3,(H,28,30). The van der Waals surface area contributed by atoms with Crippen LogP contribution in [0.2, 0.25) is 10.0 Å². The molecule has 2 aromatic carbocycles. The molecule has 1 amide bonds. The van der Waals surface area contributed by atoms with E-state index in [1.165, 1.54) is 36.9 Å². The van der Waals surface area contributed by atoms with E-state index in [1.54, 1.807) is 0 Å². The first kappa shape index (κ1) is 21.7. The lowest BCUT2D eigenvalue weighted by atomic mass is 9.86. The van der Waals surface area contributed by atoms with E-state index in [4.69, 9.17) is 23.2 Å². The molecule has 0 radical (unpaired) electrons. The maximum absolute atomic E-state index is 12.7. The van der Waals surface area contributed by atoms with Crippen LogP contribution < -0.4 is 5.32 Å². The summed E-state index contributed by atoms with van der Waals surface area (Å²) in [7, 11) is 0. The summed E-state index contributed by atoms with van der Waals surface area (Å²) in [4.78, 5) is 15.2. The van der Waals surface area contributed by atoms with Gasteiger partial charge in [-0.05, 0) is 73.9 Å². The highest BCUT2D eigenvalue weighted by Gasteiger charge is 2.37. The van der Waals surface area contributed by atoms with Crippen molar-refractivity contribution in [2.75, 3.05) is 13.1 Å². The summed E-state index contributed by atoms with van der Waals surface area (Å²) in [5.41, 5.74) is 2.38. The SMILES string of the molecule is CC(NC(=O)CCN1CC2CCC1C2)C(Cc1ccc(Cl)cc1)c1ccc(Cl)cc1. The molecule has 1 aliphatic carbocycles. The highest BCUT2D eigenvalue weighted by atomic mass is 35.5. The summed E-state index contributed by atoms with van der Waals surface area (Å²) in [6.07, 6.45) is 5.41. The first-order valence-corrected chi connectivity index (χ1v) is 11.8. The first-order valence-electron chi connectivity index (χ1n) is 11.0. The third-order valence-electron chi connectivity index (χ3n) is 6.81. The number of carbonyl (C=O) groups excluding carboxylic acids is 1. The Kier molecular flexibility index (Phi) is 7.02. The van der Waals surface area contributed by atoms with E-state index in [1.807, 2.05) is 24.3 Å². The van der Waals surface area contributed by atoms with Crippen molar-refractivity contribution >= 4 is 29.1 Å². The number of fused-ring (bicyclic) bond motifs is 2. The molecule has 4 unspecified atom stereocenters. The van der Waals surface area contributed by atoms with Gasteiger partial charge >= 0.3 is 0 Å². The Balaban J connectivity index is 1.39. The summed E-state index contributed by atoms with van der Waals surface area (Å²) >= 11 is 12.1. The summed E-state index contributed by atoms with van der Waals surface area (Å²) in [5.74, 6) is 1.17. The number of likely N-dealkylation sites (tertiary alicyclic amines) is 1. The van der Waals surface area contributed by atoms with Gasteiger partial charge in [0.25, 0.3) is 0 Å². The van der Waals surface area contributed by atoms with Crippen molar-refractivity contribution in [3.8, 4) is 0 Å². The number of rotatable bonds is 8. The summed E-state index contributed by atoms with van der Waals surface area (Å²) in [6.45, 7) is 4.16. The van der Waals surface area contributed by atoms with E-state index >= 15 is 0 Å². The molecular formula is C25H30Cl2N2O. The van der Waals surface area contributed by atoms with E-state index in [0.717, 1.165) is 28.9 Å². The minimum Gasteiger partial charge on any atom is -0.353 e. The Morgan fingerprint density at radius 2 is 1.73 bits per heavy atom. The van der Waals surface area contributed by atoms with Gasteiger partial charge in [-0.25, -0.2) is 0 Å². The summed E-state index contributed by atoms with van der Waals surface area (Å²) in [6, 6.07) is 16.6. The fourth-order valence-corrected chi connectivity index (χ4v) is 5.39. The molecule has 4 rings (SSSR count). The average Bonchev–Trinajstić information content (AvgIpc) is 3.36. The van der Waals surface area contributed by atoms with Crippen LogP contribution in [0.15, 0.2) is 48.5 Å². The van der Waals surface area contributed by atoms with Crippen LogP contribution in [0, 0.1) is 5.92 Å². The van der Waals surface area contributed by atoms with Crippen LogP contribution in [-0.4, -0.2) is 36.0 Å². The number of hydrogen-bond acceptors (Lipinski definition) is 2. The van der Waals surface area contributed by atoms with Gasteiger partial charge in [0.1, 0.15) is 0 Å². The van der Waals surface area contributed by atoms with Crippen LogP contribution >= 0.6 is 23.2 Å². The molecule has 1 saturated carbocycles. The Morgan fingerprint density at radius 1 is 1.07 bits per heavy atom. The van der Waals surface area contributed by atoms with Gasteiger partial charge in [0.15, 0.2) is 0 Å². The smallest absolute Gasteiger partial charge is 0.221 e. The van der Waals surface area contributed by atoms with Crippen molar-refractivity contribution in [1.82, 2.24) is 10.2 Å². The lowest BCUT2D eigenvalue weighted by molar-refractivity contribution is -0.122. The summed E-state index contributed by atoms with van der Waals surface area (Å²) < 4.78 is 0. The Morgan fingerprint density at radius 3 is 2.33 bits per heavy atom. The minimum atomic E-state index is 0.0179. The van der Waals surface area contributed by atoms with Gasteiger partial charge < -0.3 is 5.32 Å². The molecule has 160 valence electrons. The van der Waals surface area contributed by atoms with Crippen molar-refractivity contribution in [3.63, 3.8) is 0 Å². The molecule has 2 aromatic rings. The Labute approximate surface area is 189 Å². The second kappa shape index (κ2) is 9.72. The van der Waals surface area contributed by atoms with Crippen LogP contribution in [0.3, 0.4) is 0 Å². The van der Waals surface area contributed by atoms with E-state index in [2.05, 4.69) is 41.4 Å². The third kappa shape index (κ3) is 5.38. The maximum Gasteiger partial charge on any atom is 0.221 e. The van der Waals surface area contributed by atoms with Crippen LogP contribution in [-0.2, 0) is 11.2 Å². The van der Waals surface area contributed by atoms with Crippen LogP contribution in [0.5, 0.6) is 0 Å². The van der Waals surface area contributed by atoms with Gasteiger partial charge in [-0.15, -0.1) is 0 Å².